The number of benzene rings is 2. The van der Waals surface area contributed by atoms with Crippen LogP contribution in [0, 0.1) is 0 Å². The molecule has 1 aliphatic rings. The Morgan fingerprint density at radius 1 is 0.955 bits per heavy atom. The minimum atomic E-state index is -0.0731. The van der Waals surface area contributed by atoms with Crippen molar-refractivity contribution in [3.63, 3.8) is 0 Å². The number of hydrogen-bond acceptors (Lipinski definition) is 3. The fourth-order valence-electron chi connectivity index (χ4n) is 3.12. The van der Waals surface area contributed by atoms with Crippen molar-refractivity contribution in [3.05, 3.63) is 58.9 Å². The number of fused-ring (bicyclic) bond motifs is 3. The number of rotatable bonds is 2. The lowest BCUT2D eigenvalue weighted by molar-refractivity contribution is -0.0934. The highest BCUT2D eigenvalue weighted by Gasteiger charge is 2.18. The van der Waals surface area contributed by atoms with Gasteiger partial charge in [-0.05, 0) is 17.5 Å². The Balaban J connectivity index is 1.94. The van der Waals surface area contributed by atoms with E-state index < -0.39 is 0 Å². The molecule has 1 atom stereocenters. The summed E-state index contributed by atoms with van der Waals surface area (Å²) in [5.41, 5.74) is 0.976. The summed E-state index contributed by atoms with van der Waals surface area (Å²) in [5.74, 6) is 0. The maximum Gasteiger partial charge on any atom is 0.259 e. The Morgan fingerprint density at radius 2 is 1.68 bits per heavy atom. The summed E-state index contributed by atoms with van der Waals surface area (Å²) >= 11 is 0. The minimum Gasteiger partial charge on any atom is -0.376 e. The van der Waals surface area contributed by atoms with Crippen molar-refractivity contribution in [1.29, 1.82) is 0 Å². The molecule has 4 heteroatoms. The van der Waals surface area contributed by atoms with E-state index in [0.29, 0.717) is 26.4 Å². The van der Waals surface area contributed by atoms with Gasteiger partial charge in [-0.25, -0.2) is 0 Å². The predicted octanol–water partition coefficient (Wildman–Crippen LogP) is 2.57. The summed E-state index contributed by atoms with van der Waals surface area (Å²) < 4.78 is 13.0. The summed E-state index contributed by atoms with van der Waals surface area (Å²) in [4.78, 5) is 12.9. The normalized spacial score (nSPS) is 18.8. The van der Waals surface area contributed by atoms with Crippen LogP contribution in [0.1, 0.15) is 0 Å². The molecule has 0 radical (unpaired) electrons. The van der Waals surface area contributed by atoms with E-state index in [9.17, 15) is 4.79 Å². The number of ether oxygens (including phenoxy) is 2. The number of aromatic nitrogens is 1. The van der Waals surface area contributed by atoms with Gasteiger partial charge in [-0.2, -0.15) is 0 Å². The number of hydrogen-bond donors (Lipinski definition) is 0. The van der Waals surface area contributed by atoms with Crippen LogP contribution in [-0.2, 0) is 16.0 Å². The second-order valence-corrected chi connectivity index (χ2v) is 5.55. The van der Waals surface area contributed by atoms with Gasteiger partial charge in [0.15, 0.2) is 0 Å². The Morgan fingerprint density at radius 3 is 2.45 bits per heavy atom. The van der Waals surface area contributed by atoms with Crippen molar-refractivity contribution in [1.82, 2.24) is 4.57 Å². The molecular formula is C18H17NO3. The van der Waals surface area contributed by atoms with E-state index in [0.717, 1.165) is 21.7 Å². The molecule has 1 fully saturated rings. The van der Waals surface area contributed by atoms with Gasteiger partial charge in [0.1, 0.15) is 0 Å². The van der Waals surface area contributed by atoms with Gasteiger partial charge in [0, 0.05) is 10.8 Å². The highest BCUT2D eigenvalue weighted by atomic mass is 16.6. The Labute approximate surface area is 127 Å². The summed E-state index contributed by atoms with van der Waals surface area (Å²) in [6, 6.07) is 15.8. The van der Waals surface area contributed by atoms with E-state index in [4.69, 9.17) is 9.47 Å². The molecule has 1 aromatic heterocycles. The summed E-state index contributed by atoms with van der Waals surface area (Å²) in [5, 5.41) is 2.84. The molecule has 22 heavy (non-hydrogen) atoms. The summed E-state index contributed by atoms with van der Waals surface area (Å²) in [6.07, 6.45) is -0.0731. The molecule has 0 N–H and O–H groups in total. The molecule has 0 bridgehead atoms. The third-order valence-corrected chi connectivity index (χ3v) is 4.16. The largest absolute Gasteiger partial charge is 0.376 e. The average molecular weight is 295 g/mol. The molecule has 2 aromatic carbocycles. The molecule has 1 aliphatic heterocycles. The monoisotopic (exact) mass is 295 g/mol. The zero-order valence-electron chi connectivity index (χ0n) is 12.2. The molecule has 4 rings (SSSR count). The molecule has 0 spiro atoms. The highest BCUT2D eigenvalue weighted by Crippen LogP contribution is 2.23. The first-order chi connectivity index (χ1) is 10.8. The van der Waals surface area contributed by atoms with Gasteiger partial charge in [0.05, 0.1) is 38.0 Å². The van der Waals surface area contributed by atoms with E-state index in [-0.39, 0.29) is 11.7 Å². The van der Waals surface area contributed by atoms with E-state index in [1.165, 1.54) is 0 Å². The minimum absolute atomic E-state index is 0.0310. The van der Waals surface area contributed by atoms with E-state index in [1.807, 2.05) is 47.0 Å². The second-order valence-electron chi connectivity index (χ2n) is 5.55. The van der Waals surface area contributed by atoms with Gasteiger partial charge in [-0.3, -0.25) is 4.79 Å². The van der Waals surface area contributed by atoms with Gasteiger partial charge in [-0.15, -0.1) is 0 Å². The highest BCUT2D eigenvalue weighted by molar-refractivity contribution is 6.05. The predicted molar refractivity (Wildman–Crippen MR) is 86.3 cm³/mol. The van der Waals surface area contributed by atoms with Crippen molar-refractivity contribution >= 4 is 21.7 Å². The maximum atomic E-state index is 12.9. The third-order valence-electron chi connectivity index (χ3n) is 4.16. The van der Waals surface area contributed by atoms with Gasteiger partial charge >= 0.3 is 0 Å². The van der Waals surface area contributed by atoms with Crippen molar-refractivity contribution in [2.45, 2.75) is 12.6 Å². The van der Waals surface area contributed by atoms with Crippen LogP contribution >= 0.6 is 0 Å². The van der Waals surface area contributed by atoms with Crippen LogP contribution in [0.15, 0.2) is 53.3 Å². The molecule has 2 heterocycles. The van der Waals surface area contributed by atoms with E-state index in [2.05, 4.69) is 6.07 Å². The smallest absolute Gasteiger partial charge is 0.259 e. The summed E-state index contributed by atoms with van der Waals surface area (Å²) in [6.45, 7) is 2.27. The number of nitrogens with zero attached hydrogens (tertiary/aromatic N) is 1. The molecule has 0 aliphatic carbocycles. The zero-order chi connectivity index (χ0) is 14.9. The quantitative estimate of drug-likeness (QED) is 0.682. The average Bonchev–Trinajstić information content (AvgIpc) is 2.59. The zero-order valence-corrected chi connectivity index (χ0v) is 12.2. The Bertz CT molecular complexity index is 878. The van der Waals surface area contributed by atoms with Gasteiger partial charge in [0.2, 0.25) is 0 Å². The van der Waals surface area contributed by atoms with Gasteiger partial charge in [0.25, 0.3) is 5.56 Å². The molecule has 112 valence electrons. The van der Waals surface area contributed by atoms with Crippen LogP contribution in [-0.4, -0.2) is 30.5 Å². The fourth-order valence-corrected chi connectivity index (χ4v) is 3.12. The van der Waals surface area contributed by atoms with Crippen molar-refractivity contribution in [2.75, 3.05) is 19.8 Å². The van der Waals surface area contributed by atoms with E-state index in [1.54, 1.807) is 0 Å². The van der Waals surface area contributed by atoms with Crippen LogP contribution in [0.5, 0.6) is 0 Å². The molecule has 0 amide bonds. The van der Waals surface area contributed by atoms with Gasteiger partial charge in [-0.1, -0.05) is 36.4 Å². The van der Waals surface area contributed by atoms with E-state index >= 15 is 0 Å². The lowest BCUT2D eigenvalue weighted by Crippen LogP contribution is -2.35. The molecule has 0 unspecified atom stereocenters. The lowest BCUT2D eigenvalue weighted by Gasteiger charge is -2.24. The molecule has 0 saturated carbocycles. The van der Waals surface area contributed by atoms with Crippen LogP contribution in [0.3, 0.4) is 0 Å². The first-order valence-electron chi connectivity index (χ1n) is 7.54. The van der Waals surface area contributed by atoms with Crippen molar-refractivity contribution in [3.8, 4) is 0 Å². The Kier molecular flexibility index (Phi) is 3.41. The van der Waals surface area contributed by atoms with Crippen molar-refractivity contribution < 1.29 is 9.47 Å². The molecular weight excluding hydrogens is 278 g/mol. The molecule has 4 nitrogen and oxygen atoms in total. The van der Waals surface area contributed by atoms with Crippen LogP contribution < -0.4 is 5.56 Å². The number of para-hydroxylation sites is 1. The standard InChI is InChI=1S/C18H17NO3/c20-18-16-7-2-1-5-14(16)15-6-3-4-8-17(15)19(18)11-13-12-21-9-10-22-13/h1-8,13H,9-12H2/t13-/m0/s1. The second kappa shape index (κ2) is 5.55. The Hall–Kier alpha value is -2.17. The molecule has 3 aromatic rings. The van der Waals surface area contributed by atoms with Crippen LogP contribution in [0.4, 0.5) is 0 Å². The van der Waals surface area contributed by atoms with Crippen LogP contribution in [0.25, 0.3) is 21.7 Å². The summed E-state index contributed by atoms with van der Waals surface area (Å²) in [7, 11) is 0. The third kappa shape index (κ3) is 2.21. The fraction of sp³-hybridized carbons (Fsp3) is 0.278. The lowest BCUT2D eigenvalue weighted by atomic mass is 10.1. The van der Waals surface area contributed by atoms with Crippen LogP contribution in [0.2, 0.25) is 0 Å². The number of pyridine rings is 1. The topological polar surface area (TPSA) is 40.5 Å². The first kappa shape index (κ1) is 13.5. The molecule has 1 saturated heterocycles. The van der Waals surface area contributed by atoms with Crippen molar-refractivity contribution in [2.24, 2.45) is 0 Å². The van der Waals surface area contributed by atoms with Gasteiger partial charge < -0.3 is 14.0 Å². The first-order valence-corrected chi connectivity index (χ1v) is 7.54. The maximum absolute atomic E-state index is 12.9. The SMILES string of the molecule is O=c1c2ccccc2c2ccccc2n1C[C@H]1COCCO1.